The average molecular weight is 264 g/mol. The fourth-order valence-corrected chi connectivity index (χ4v) is 2.94. The van der Waals surface area contributed by atoms with Crippen LogP contribution in [0.1, 0.15) is 26.2 Å². The lowest BCUT2D eigenvalue weighted by molar-refractivity contribution is -0.134. The highest BCUT2D eigenvalue weighted by molar-refractivity contribution is 5.82. The maximum absolute atomic E-state index is 12.5. The summed E-state index contributed by atoms with van der Waals surface area (Å²) in [6, 6.07) is 0.503. The second kappa shape index (κ2) is 5.26. The Morgan fingerprint density at radius 3 is 3.05 bits per heavy atom. The first-order valence-corrected chi connectivity index (χ1v) is 6.89. The molecule has 2 fully saturated rings. The predicted octanol–water partition coefficient (Wildman–Crippen LogP) is -0.476. The molecular weight excluding hydrogens is 244 g/mol. The van der Waals surface area contributed by atoms with Gasteiger partial charge in [-0.2, -0.15) is 0 Å². The summed E-state index contributed by atoms with van der Waals surface area (Å²) in [4.78, 5) is 14.5. The van der Waals surface area contributed by atoms with Crippen molar-refractivity contribution in [3.05, 3.63) is 12.4 Å². The van der Waals surface area contributed by atoms with Gasteiger partial charge in [0, 0.05) is 18.8 Å². The van der Waals surface area contributed by atoms with Crippen LogP contribution in [0, 0.1) is 0 Å². The molecule has 2 unspecified atom stereocenters. The molecule has 0 aliphatic carbocycles. The smallest absolute Gasteiger partial charge is 0.241 e. The molecule has 3 atom stereocenters. The molecule has 2 aliphatic rings. The molecule has 0 radical (unpaired) electrons. The van der Waals surface area contributed by atoms with E-state index < -0.39 is 0 Å². The Labute approximate surface area is 112 Å². The number of amides is 1. The molecule has 3 rings (SSSR count). The molecule has 1 amide bonds. The first-order valence-electron chi connectivity index (χ1n) is 6.89. The first kappa shape index (κ1) is 12.6. The van der Waals surface area contributed by atoms with Crippen molar-refractivity contribution >= 4 is 5.91 Å². The largest absolute Gasteiger partial charge is 0.336 e. The number of carbonyl (C=O) groups is 1. The summed E-state index contributed by atoms with van der Waals surface area (Å²) in [5, 5.41) is 7.79. The number of nitrogens with one attached hydrogen (secondary N) is 2. The van der Waals surface area contributed by atoms with E-state index in [0.717, 1.165) is 32.4 Å². The summed E-state index contributed by atoms with van der Waals surface area (Å²) >= 11 is 0. The van der Waals surface area contributed by atoms with Crippen molar-refractivity contribution < 1.29 is 4.79 Å². The fraction of sp³-hybridized carbons (Fsp3) is 0.750. The number of hydrogen-bond donors (Lipinski definition) is 2. The summed E-state index contributed by atoms with van der Waals surface area (Å²) in [7, 11) is 0. The van der Waals surface area contributed by atoms with Gasteiger partial charge in [0.25, 0.3) is 0 Å². The van der Waals surface area contributed by atoms with Gasteiger partial charge in [-0.05, 0) is 26.2 Å². The highest BCUT2D eigenvalue weighted by atomic mass is 16.2. The SMILES string of the molecule is CC1CC(C(=O)N2CCC[C@H]2Cn2ccnn2)NN1. The maximum Gasteiger partial charge on any atom is 0.241 e. The molecule has 3 heterocycles. The highest BCUT2D eigenvalue weighted by Crippen LogP contribution is 2.21. The number of aromatic nitrogens is 3. The summed E-state index contributed by atoms with van der Waals surface area (Å²) in [6.45, 7) is 3.67. The zero-order chi connectivity index (χ0) is 13.2. The summed E-state index contributed by atoms with van der Waals surface area (Å²) in [5.74, 6) is 0.208. The Hall–Kier alpha value is -1.47. The average Bonchev–Trinajstić information content (AvgIpc) is 3.10. The van der Waals surface area contributed by atoms with Crippen molar-refractivity contribution in [3.63, 3.8) is 0 Å². The molecule has 0 spiro atoms. The van der Waals surface area contributed by atoms with Crippen LogP contribution < -0.4 is 10.9 Å². The van der Waals surface area contributed by atoms with Crippen LogP contribution in [-0.2, 0) is 11.3 Å². The van der Waals surface area contributed by atoms with E-state index in [1.165, 1.54) is 0 Å². The molecule has 104 valence electrons. The minimum Gasteiger partial charge on any atom is -0.336 e. The highest BCUT2D eigenvalue weighted by Gasteiger charge is 2.36. The Morgan fingerprint density at radius 2 is 2.37 bits per heavy atom. The van der Waals surface area contributed by atoms with Crippen LogP contribution in [0.5, 0.6) is 0 Å². The second-order valence-corrected chi connectivity index (χ2v) is 5.43. The van der Waals surface area contributed by atoms with Crippen molar-refractivity contribution in [2.45, 2.75) is 50.9 Å². The Morgan fingerprint density at radius 1 is 1.47 bits per heavy atom. The number of nitrogens with zero attached hydrogens (tertiary/aromatic N) is 4. The van der Waals surface area contributed by atoms with Gasteiger partial charge >= 0.3 is 0 Å². The molecule has 2 aliphatic heterocycles. The van der Waals surface area contributed by atoms with E-state index in [1.54, 1.807) is 10.9 Å². The fourth-order valence-electron chi connectivity index (χ4n) is 2.94. The zero-order valence-corrected chi connectivity index (χ0v) is 11.1. The minimum absolute atomic E-state index is 0.0913. The van der Waals surface area contributed by atoms with Gasteiger partial charge in [0.15, 0.2) is 0 Å². The van der Waals surface area contributed by atoms with Crippen LogP contribution in [0.15, 0.2) is 12.4 Å². The minimum atomic E-state index is -0.0913. The molecule has 0 aromatic carbocycles. The van der Waals surface area contributed by atoms with E-state index in [9.17, 15) is 4.79 Å². The van der Waals surface area contributed by atoms with Crippen molar-refractivity contribution in [1.82, 2.24) is 30.7 Å². The molecule has 0 bridgehead atoms. The van der Waals surface area contributed by atoms with Crippen LogP contribution in [0.25, 0.3) is 0 Å². The van der Waals surface area contributed by atoms with Crippen LogP contribution in [0.4, 0.5) is 0 Å². The third kappa shape index (κ3) is 2.62. The van der Waals surface area contributed by atoms with E-state index in [2.05, 4.69) is 28.1 Å². The molecule has 7 heteroatoms. The lowest BCUT2D eigenvalue weighted by Gasteiger charge is -2.27. The van der Waals surface area contributed by atoms with Gasteiger partial charge in [0.05, 0.1) is 18.8 Å². The molecule has 0 saturated carbocycles. The molecule has 19 heavy (non-hydrogen) atoms. The van der Waals surface area contributed by atoms with Crippen molar-refractivity contribution in [2.75, 3.05) is 6.54 Å². The number of hydrazine groups is 1. The summed E-state index contributed by atoms with van der Waals surface area (Å²) < 4.78 is 1.80. The number of hydrogen-bond acceptors (Lipinski definition) is 5. The normalized spacial score (nSPS) is 31.0. The van der Waals surface area contributed by atoms with Gasteiger partial charge in [-0.15, -0.1) is 5.10 Å². The standard InChI is InChI=1S/C12H20N6O/c1-9-7-11(15-14-9)12(19)18-5-2-3-10(18)8-17-6-4-13-16-17/h4,6,9-11,14-15H,2-3,5,7-8H2,1H3/t9?,10-,11?/m0/s1. The monoisotopic (exact) mass is 264 g/mol. The maximum atomic E-state index is 12.5. The van der Waals surface area contributed by atoms with Crippen LogP contribution in [0.2, 0.25) is 0 Å². The lowest BCUT2D eigenvalue weighted by atomic mass is 10.1. The second-order valence-electron chi connectivity index (χ2n) is 5.43. The van der Waals surface area contributed by atoms with Crippen molar-refractivity contribution in [2.24, 2.45) is 0 Å². The van der Waals surface area contributed by atoms with Gasteiger partial charge < -0.3 is 4.90 Å². The third-order valence-electron chi connectivity index (χ3n) is 3.92. The summed E-state index contributed by atoms with van der Waals surface area (Å²) in [5.41, 5.74) is 6.20. The Balaban J connectivity index is 1.64. The number of likely N-dealkylation sites (tertiary alicyclic amines) is 1. The van der Waals surface area contributed by atoms with Crippen molar-refractivity contribution in [3.8, 4) is 0 Å². The lowest BCUT2D eigenvalue weighted by Crippen LogP contribution is -2.48. The number of rotatable bonds is 3. The molecule has 1 aromatic rings. The quantitative estimate of drug-likeness (QED) is 0.771. The van der Waals surface area contributed by atoms with E-state index in [1.807, 2.05) is 11.1 Å². The van der Waals surface area contributed by atoms with Gasteiger partial charge in [-0.3, -0.25) is 14.9 Å². The van der Waals surface area contributed by atoms with Crippen LogP contribution in [-0.4, -0.2) is 50.5 Å². The van der Waals surface area contributed by atoms with E-state index >= 15 is 0 Å². The molecular formula is C12H20N6O. The predicted molar refractivity (Wildman–Crippen MR) is 68.9 cm³/mol. The Bertz CT molecular complexity index is 433. The van der Waals surface area contributed by atoms with Gasteiger partial charge in [-0.1, -0.05) is 5.21 Å². The van der Waals surface area contributed by atoms with E-state index in [4.69, 9.17) is 0 Å². The molecule has 7 nitrogen and oxygen atoms in total. The third-order valence-corrected chi connectivity index (χ3v) is 3.92. The van der Waals surface area contributed by atoms with E-state index in [0.29, 0.717) is 6.04 Å². The van der Waals surface area contributed by atoms with Gasteiger partial charge in [0.2, 0.25) is 5.91 Å². The van der Waals surface area contributed by atoms with Gasteiger partial charge in [-0.25, -0.2) is 5.43 Å². The summed E-state index contributed by atoms with van der Waals surface area (Å²) in [6.07, 6.45) is 6.48. The number of carbonyl (C=O) groups excluding carboxylic acids is 1. The molecule has 2 N–H and O–H groups in total. The first-order chi connectivity index (χ1) is 9.24. The van der Waals surface area contributed by atoms with Crippen LogP contribution in [0.3, 0.4) is 0 Å². The topological polar surface area (TPSA) is 75.1 Å². The van der Waals surface area contributed by atoms with Crippen molar-refractivity contribution in [1.29, 1.82) is 0 Å². The molecule has 2 saturated heterocycles. The van der Waals surface area contributed by atoms with E-state index in [-0.39, 0.29) is 18.0 Å². The molecule has 1 aromatic heterocycles. The van der Waals surface area contributed by atoms with Crippen LogP contribution >= 0.6 is 0 Å². The van der Waals surface area contributed by atoms with Gasteiger partial charge in [0.1, 0.15) is 6.04 Å². The zero-order valence-electron chi connectivity index (χ0n) is 11.1. The Kier molecular flexibility index (Phi) is 3.48.